The van der Waals surface area contributed by atoms with Crippen molar-refractivity contribution in [2.45, 2.75) is 17.7 Å². The van der Waals surface area contributed by atoms with Gasteiger partial charge < -0.3 is 4.74 Å². The Morgan fingerprint density at radius 1 is 0.958 bits per heavy atom. The molecule has 6 heteroatoms. The highest BCUT2D eigenvalue weighted by atomic mass is 32.2. The van der Waals surface area contributed by atoms with Crippen LogP contribution < -0.4 is 4.74 Å². The van der Waals surface area contributed by atoms with Gasteiger partial charge in [-0.1, -0.05) is 24.3 Å². The molecule has 24 heavy (non-hydrogen) atoms. The molecule has 0 N–H and O–H groups in total. The molecule has 0 bridgehead atoms. The van der Waals surface area contributed by atoms with Gasteiger partial charge in [-0.3, -0.25) is 9.59 Å². The van der Waals surface area contributed by atoms with Crippen molar-refractivity contribution in [3.05, 3.63) is 59.7 Å². The van der Waals surface area contributed by atoms with E-state index in [9.17, 15) is 18.0 Å². The second kappa shape index (κ2) is 6.97. The van der Waals surface area contributed by atoms with Crippen molar-refractivity contribution < 1.29 is 22.7 Å². The normalized spacial score (nSPS) is 12.5. The molecule has 1 atom stereocenters. The second-order valence-electron chi connectivity index (χ2n) is 5.48. The summed E-state index contributed by atoms with van der Waals surface area (Å²) in [7, 11) is -1.80. The maximum Gasteiger partial charge on any atom is 0.177 e. The van der Waals surface area contributed by atoms with Crippen molar-refractivity contribution in [3.8, 4) is 5.75 Å². The highest BCUT2D eigenvalue weighted by Crippen LogP contribution is 2.25. The van der Waals surface area contributed by atoms with Crippen LogP contribution in [0.5, 0.6) is 5.75 Å². The van der Waals surface area contributed by atoms with Crippen LogP contribution in [0.3, 0.4) is 0 Å². The molecule has 0 radical (unpaired) electrons. The molecule has 0 saturated heterocycles. The summed E-state index contributed by atoms with van der Waals surface area (Å²) in [6.07, 6.45) is 1.10. The van der Waals surface area contributed by atoms with Gasteiger partial charge in [0.15, 0.2) is 15.6 Å². The van der Waals surface area contributed by atoms with E-state index in [1.807, 2.05) is 0 Å². The highest BCUT2D eigenvalue weighted by molar-refractivity contribution is 7.90. The molecule has 0 aliphatic rings. The molecule has 0 fully saturated rings. The number of carbonyl (C=O) groups is 2. The first-order chi connectivity index (χ1) is 11.2. The number of ether oxygens (including phenoxy) is 1. The molecule has 0 aliphatic heterocycles. The Morgan fingerprint density at radius 2 is 1.50 bits per heavy atom. The van der Waals surface area contributed by atoms with Crippen molar-refractivity contribution in [1.82, 2.24) is 0 Å². The van der Waals surface area contributed by atoms with E-state index in [0.717, 1.165) is 6.26 Å². The lowest BCUT2D eigenvalue weighted by atomic mass is 9.88. The van der Waals surface area contributed by atoms with Crippen LogP contribution in [-0.2, 0) is 14.6 Å². The number of sulfone groups is 1. The maximum atomic E-state index is 12.7. The maximum absolute atomic E-state index is 12.7. The van der Waals surface area contributed by atoms with Gasteiger partial charge in [0.1, 0.15) is 17.5 Å². The Kier molecular flexibility index (Phi) is 5.19. The summed E-state index contributed by atoms with van der Waals surface area (Å²) in [5.74, 6) is -0.948. The van der Waals surface area contributed by atoms with Crippen molar-refractivity contribution in [1.29, 1.82) is 0 Å². The van der Waals surface area contributed by atoms with Crippen molar-refractivity contribution in [3.63, 3.8) is 0 Å². The van der Waals surface area contributed by atoms with Crippen molar-refractivity contribution in [2.75, 3.05) is 13.4 Å². The van der Waals surface area contributed by atoms with E-state index in [1.165, 1.54) is 38.3 Å². The lowest BCUT2D eigenvalue weighted by Crippen LogP contribution is -2.20. The summed E-state index contributed by atoms with van der Waals surface area (Å²) < 4.78 is 28.0. The van der Waals surface area contributed by atoms with Crippen molar-refractivity contribution in [2.24, 2.45) is 0 Å². The van der Waals surface area contributed by atoms with E-state index < -0.39 is 15.8 Å². The Bertz CT molecular complexity index is 849. The van der Waals surface area contributed by atoms with Crippen LogP contribution in [0.2, 0.25) is 0 Å². The van der Waals surface area contributed by atoms with Gasteiger partial charge in [0, 0.05) is 11.8 Å². The number of benzene rings is 2. The standard InChI is InChI=1S/C18H18O5S/c1-12(19)17(13-4-8-15(23-2)9-5-13)18(20)14-6-10-16(11-7-14)24(3,21)22/h4-11,17H,1-3H3. The van der Waals surface area contributed by atoms with Gasteiger partial charge in [0.2, 0.25) is 0 Å². The number of ketones is 2. The van der Waals surface area contributed by atoms with Gasteiger partial charge in [0.05, 0.1) is 12.0 Å². The molecule has 126 valence electrons. The van der Waals surface area contributed by atoms with E-state index in [-0.39, 0.29) is 16.5 Å². The van der Waals surface area contributed by atoms with Gasteiger partial charge in [-0.05, 0) is 36.8 Å². The highest BCUT2D eigenvalue weighted by Gasteiger charge is 2.26. The first-order valence-electron chi connectivity index (χ1n) is 7.23. The number of hydrogen-bond donors (Lipinski definition) is 0. The van der Waals surface area contributed by atoms with Crippen LogP contribution in [-0.4, -0.2) is 33.3 Å². The largest absolute Gasteiger partial charge is 0.497 e. The predicted octanol–water partition coefficient (Wildman–Crippen LogP) is 2.65. The summed E-state index contributed by atoms with van der Waals surface area (Å²) in [5, 5.41) is 0. The fourth-order valence-electron chi connectivity index (χ4n) is 2.40. The quantitative estimate of drug-likeness (QED) is 0.593. The molecule has 0 spiro atoms. The third kappa shape index (κ3) is 3.89. The smallest absolute Gasteiger partial charge is 0.177 e. The van der Waals surface area contributed by atoms with Crippen molar-refractivity contribution >= 4 is 21.4 Å². The summed E-state index contributed by atoms with van der Waals surface area (Å²) in [5.41, 5.74) is 0.860. The number of methoxy groups -OCH3 is 1. The average Bonchev–Trinajstić information content (AvgIpc) is 2.54. The topological polar surface area (TPSA) is 77.5 Å². The SMILES string of the molecule is COc1ccc(C(C(C)=O)C(=O)c2ccc(S(C)(=O)=O)cc2)cc1. The van der Waals surface area contributed by atoms with E-state index in [4.69, 9.17) is 4.74 Å². The molecule has 2 aromatic carbocycles. The third-order valence-corrected chi connectivity index (χ3v) is 4.81. The van der Waals surface area contributed by atoms with Crippen LogP contribution in [0, 0.1) is 0 Å². The fraction of sp³-hybridized carbons (Fsp3) is 0.222. The zero-order valence-electron chi connectivity index (χ0n) is 13.6. The Balaban J connectivity index is 2.37. The van der Waals surface area contributed by atoms with Crippen LogP contribution in [0.15, 0.2) is 53.4 Å². The minimum atomic E-state index is -3.33. The lowest BCUT2D eigenvalue weighted by Gasteiger charge is -2.14. The molecule has 0 saturated carbocycles. The Labute approximate surface area is 141 Å². The molecular weight excluding hydrogens is 328 g/mol. The molecule has 0 amide bonds. The summed E-state index contributed by atoms with van der Waals surface area (Å²) in [6, 6.07) is 12.3. The molecule has 0 aliphatic carbocycles. The number of hydrogen-bond acceptors (Lipinski definition) is 5. The minimum absolute atomic E-state index is 0.128. The molecule has 0 heterocycles. The van der Waals surface area contributed by atoms with E-state index in [2.05, 4.69) is 0 Å². The van der Waals surface area contributed by atoms with Crippen LogP contribution >= 0.6 is 0 Å². The summed E-state index contributed by atoms with van der Waals surface area (Å²) in [6.45, 7) is 1.36. The van der Waals surface area contributed by atoms with Crippen LogP contribution in [0.4, 0.5) is 0 Å². The average molecular weight is 346 g/mol. The molecule has 5 nitrogen and oxygen atoms in total. The van der Waals surface area contributed by atoms with E-state index in [0.29, 0.717) is 16.9 Å². The number of carbonyl (C=O) groups excluding carboxylic acids is 2. The number of rotatable bonds is 6. The number of Topliss-reactive ketones (excluding diaryl/α,β-unsaturated/α-hetero) is 2. The second-order valence-corrected chi connectivity index (χ2v) is 7.49. The third-order valence-electron chi connectivity index (χ3n) is 3.68. The summed E-state index contributed by atoms with van der Waals surface area (Å²) in [4.78, 5) is 24.8. The van der Waals surface area contributed by atoms with Crippen LogP contribution in [0.25, 0.3) is 0 Å². The Hall–Kier alpha value is -2.47. The van der Waals surface area contributed by atoms with Gasteiger partial charge in [-0.25, -0.2) is 8.42 Å². The lowest BCUT2D eigenvalue weighted by molar-refractivity contribution is -0.117. The molecule has 2 rings (SSSR count). The molecule has 0 aromatic heterocycles. The zero-order valence-corrected chi connectivity index (χ0v) is 14.5. The monoisotopic (exact) mass is 346 g/mol. The van der Waals surface area contributed by atoms with E-state index >= 15 is 0 Å². The summed E-state index contributed by atoms with van der Waals surface area (Å²) >= 11 is 0. The van der Waals surface area contributed by atoms with Gasteiger partial charge in [-0.2, -0.15) is 0 Å². The van der Waals surface area contributed by atoms with Gasteiger partial charge in [-0.15, -0.1) is 0 Å². The molecule has 2 aromatic rings. The Morgan fingerprint density at radius 3 is 1.92 bits per heavy atom. The van der Waals surface area contributed by atoms with Gasteiger partial charge in [0.25, 0.3) is 0 Å². The van der Waals surface area contributed by atoms with E-state index in [1.54, 1.807) is 24.3 Å². The zero-order chi connectivity index (χ0) is 17.9. The van der Waals surface area contributed by atoms with Gasteiger partial charge >= 0.3 is 0 Å². The predicted molar refractivity (Wildman–Crippen MR) is 90.3 cm³/mol. The van der Waals surface area contributed by atoms with Crippen LogP contribution in [0.1, 0.15) is 28.8 Å². The molecule has 1 unspecified atom stereocenters. The first kappa shape index (κ1) is 17.9. The molecular formula is C18H18O5S. The minimum Gasteiger partial charge on any atom is -0.497 e. The fourth-order valence-corrected chi connectivity index (χ4v) is 3.03. The first-order valence-corrected chi connectivity index (χ1v) is 9.12.